The van der Waals surface area contributed by atoms with E-state index in [9.17, 15) is 18.4 Å². The Morgan fingerprint density at radius 3 is 2.33 bits per heavy atom. The van der Waals surface area contributed by atoms with Gasteiger partial charge in [0.15, 0.2) is 0 Å². The Hall–Kier alpha value is -2.22. The predicted molar refractivity (Wildman–Crippen MR) is 71.4 cm³/mol. The van der Waals surface area contributed by atoms with Crippen LogP contribution in [0.1, 0.15) is 10.4 Å². The highest BCUT2D eigenvalue weighted by molar-refractivity contribution is 5.93. The smallest absolute Gasteiger partial charge is 0.338 e. The van der Waals surface area contributed by atoms with Crippen molar-refractivity contribution in [3.05, 3.63) is 29.3 Å². The van der Waals surface area contributed by atoms with Crippen molar-refractivity contribution in [1.82, 2.24) is 9.80 Å². The van der Waals surface area contributed by atoms with Gasteiger partial charge in [-0.1, -0.05) is 0 Å². The average Bonchev–Trinajstić information content (AvgIpc) is 2.42. The average molecular weight is 299 g/mol. The molecule has 0 aliphatic carbocycles. The van der Waals surface area contributed by atoms with Crippen LogP contribution in [0.15, 0.2) is 12.1 Å². The number of rotatable bonds is 2. The summed E-state index contributed by atoms with van der Waals surface area (Å²) >= 11 is 0. The van der Waals surface area contributed by atoms with Crippen molar-refractivity contribution in [2.45, 2.75) is 0 Å². The van der Waals surface area contributed by atoms with Crippen LogP contribution in [-0.4, -0.2) is 60.1 Å². The number of carboxylic acid groups (broad SMARTS) is 1. The molecule has 2 amide bonds. The quantitative estimate of drug-likeness (QED) is 0.867. The van der Waals surface area contributed by atoms with E-state index in [1.54, 1.807) is 0 Å². The van der Waals surface area contributed by atoms with E-state index in [-0.39, 0.29) is 5.69 Å². The molecule has 0 aromatic heterocycles. The zero-order chi connectivity index (χ0) is 15.6. The van der Waals surface area contributed by atoms with E-state index in [0.29, 0.717) is 32.2 Å². The molecule has 1 heterocycles. The van der Waals surface area contributed by atoms with Gasteiger partial charge in [-0.3, -0.25) is 0 Å². The summed E-state index contributed by atoms with van der Waals surface area (Å²) in [5.74, 6) is -3.72. The van der Waals surface area contributed by atoms with E-state index in [4.69, 9.17) is 5.11 Å². The Bertz CT molecular complexity index is 572. The molecule has 8 heteroatoms. The lowest BCUT2D eigenvalue weighted by molar-refractivity contribution is 0.0691. The summed E-state index contributed by atoms with van der Waals surface area (Å²) in [5.41, 5.74) is -1.04. The van der Waals surface area contributed by atoms with Gasteiger partial charge in [0.2, 0.25) is 0 Å². The molecule has 0 unspecified atom stereocenters. The first kappa shape index (κ1) is 15.2. The van der Waals surface area contributed by atoms with Gasteiger partial charge < -0.3 is 20.2 Å². The number of aromatic carboxylic acids is 1. The Balaban J connectivity index is 2.13. The summed E-state index contributed by atoms with van der Waals surface area (Å²) in [6, 6.07) is 0.689. The number of carboxylic acids is 1. The predicted octanol–water partition coefficient (Wildman–Crippen LogP) is 1.44. The standard InChI is InChI=1S/C13H15F2N3O3/c1-17-2-4-18(5-3-17)13(21)16-11-6-8(12(19)20)9(14)7-10(11)15/h6-7H,2-5H2,1H3,(H,16,21)(H,19,20). The number of hydrogen-bond donors (Lipinski definition) is 2. The molecule has 6 nitrogen and oxygen atoms in total. The molecule has 2 rings (SSSR count). The number of nitrogens with zero attached hydrogens (tertiary/aromatic N) is 2. The zero-order valence-electron chi connectivity index (χ0n) is 11.4. The van der Waals surface area contributed by atoms with E-state index >= 15 is 0 Å². The van der Waals surface area contributed by atoms with Crippen molar-refractivity contribution in [3.8, 4) is 0 Å². The molecule has 1 aromatic rings. The number of hydrogen-bond acceptors (Lipinski definition) is 3. The zero-order valence-corrected chi connectivity index (χ0v) is 11.4. The molecule has 0 saturated carbocycles. The number of carbonyl (C=O) groups is 2. The number of nitrogens with one attached hydrogen (secondary N) is 1. The van der Waals surface area contributed by atoms with E-state index in [1.807, 2.05) is 11.9 Å². The minimum Gasteiger partial charge on any atom is -0.478 e. The second-order valence-corrected chi connectivity index (χ2v) is 4.84. The normalized spacial score (nSPS) is 15.9. The topological polar surface area (TPSA) is 72.9 Å². The number of carbonyl (C=O) groups excluding carboxylic acids is 1. The van der Waals surface area contributed by atoms with Gasteiger partial charge in [-0.05, 0) is 13.1 Å². The van der Waals surface area contributed by atoms with Crippen LogP contribution in [0.4, 0.5) is 19.3 Å². The van der Waals surface area contributed by atoms with Gasteiger partial charge in [-0.15, -0.1) is 0 Å². The van der Waals surface area contributed by atoms with Crippen molar-refractivity contribution in [2.24, 2.45) is 0 Å². The lowest BCUT2D eigenvalue weighted by Gasteiger charge is -2.32. The first-order chi connectivity index (χ1) is 9.88. The first-order valence-corrected chi connectivity index (χ1v) is 6.35. The van der Waals surface area contributed by atoms with Gasteiger partial charge in [0.25, 0.3) is 0 Å². The largest absolute Gasteiger partial charge is 0.478 e. The first-order valence-electron chi connectivity index (χ1n) is 6.35. The minimum absolute atomic E-state index is 0.349. The van der Waals surface area contributed by atoms with Crippen molar-refractivity contribution in [3.63, 3.8) is 0 Å². The maximum Gasteiger partial charge on any atom is 0.338 e. The van der Waals surface area contributed by atoms with Gasteiger partial charge in [0.05, 0.1) is 11.3 Å². The molecule has 0 bridgehead atoms. The Kier molecular flexibility index (Phi) is 4.37. The number of piperazine rings is 1. The summed E-state index contributed by atoms with van der Waals surface area (Å²) in [6.45, 7) is 2.35. The van der Waals surface area contributed by atoms with Gasteiger partial charge in [0, 0.05) is 32.2 Å². The van der Waals surface area contributed by atoms with Crippen LogP contribution < -0.4 is 5.32 Å². The summed E-state index contributed by atoms with van der Waals surface area (Å²) in [7, 11) is 1.92. The lowest BCUT2D eigenvalue weighted by Crippen LogP contribution is -2.48. The van der Waals surface area contributed by atoms with Gasteiger partial charge >= 0.3 is 12.0 Å². The number of halogens is 2. The fourth-order valence-electron chi connectivity index (χ4n) is 2.01. The molecule has 1 saturated heterocycles. The summed E-state index contributed by atoms with van der Waals surface area (Å²) < 4.78 is 26.9. The third kappa shape index (κ3) is 3.46. The maximum absolute atomic E-state index is 13.6. The second-order valence-electron chi connectivity index (χ2n) is 4.84. The fourth-order valence-corrected chi connectivity index (χ4v) is 2.01. The van der Waals surface area contributed by atoms with E-state index in [2.05, 4.69) is 5.32 Å². The van der Waals surface area contributed by atoms with Crippen LogP contribution >= 0.6 is 0 Å². The molecule has 1 fully saturated rings. The van der Waals surface area contributed by atoms with Crippen LogP contribution in [0.3, 0.4) is 0 Å². The Morgan fingerprint density at radius 1 is 1.14 bits per heavy atom. The minimum atomic E-state index is -1.53. The summed E-state index contributed by atoms with van der Waals surface area (Å²) in [6.07, 6.45) is 0. The monoisotopic (exact) mass is 299 g/mol. The SMILES string of the molecule is CN1CCN(C(=O)Nc2cc(C(=O)O)c(F)cc2F)CC1. The van der Waals surface area contributed by atoms with Gasteiger partial charge in [-0.2, -0.15) is 0 Å². The van der Waals surface area contributed by atoms with Crippen LogP contribution in [-0.2, 0) is 0 Å². The Morgan fingerprint density at radius 2 is 1.76 bits per heavy atom. The fraction of sp³-hybridized carbons (Fsp3) is 0.385. The molecule has 2 N–H and O–H groups in total. The second kappa shape index (κ2) is 6.04. The van der Waals surface area contributed by atoms with E-state index in [0.717, 1.165) is 6.07 Å². The maximum atomic E-state index is 13.6. The van der Waals surface area contributed by atoms with E-state index in [1.165, 1.54) is 4.90 Å². The third-order valence-corrected chi connectivity index (χ3v) is 3.32. The highest BCUT2D eigenvalue weighted by Gasteiger charge is 2.21. The van der Waals surface area contributed by atoms with E-state index < -0.39 is 29.2 Å². The molecule has 1 aliphatic rings. The van der Waals surface area contributed by atoms with Crippen molar-refractivity contribution < 1.29 is 23.5 Å². The number of benzene rings is 1. The molecule has 1 aromatic carbocycles. The van der Waals surface area contributed by atoms with Crippen molar-refractivity contribution in [2.75, 3.05) is 38.5 Å². The number of amides is 2. The lowest BCUT2D eigenvalue weighted by atomic mass is 10.2. The van der Waals surface area contributed by atoms with Crippen LogP contribution in [0.5, 0.6) is 0 Å². The molecule has 0 radical (unpaired) electrons. The molecule has 114 valence electrons. The highest BCUT2D eigenvalue weighted by Crippen LogP contribution is 2.20. The number of likely N-dealkylation sites (N-methyl/N-ethyl adjacent to an activating group) is 1. The number of urea groups is 1. The molecular weight excluding hydrogens is 284 g/mol. The summed E-state index contributed by atoms with van der Waals surface area (Å²) in [4.78, 5) is 26.3. The summed E-state index contributed by atoms with van der Waals surface area (Å²) in [5, 5.41) is 11.1. The number of anilines is 1. The van der Waals surface area contributed by atoms with Gasteiger partial charge in [-0.25, -0.2) is 18.4 Å². The highest BCUT2D eigenvalue weighted by atomic mass is 19.1. The van der Waals surface area contributed by atoms with Crippen molar-refractivity contribution >= 4 is 17.7 Å². The molecule has 1 aliphatic heterocycles. The van der Waals surface area contributed by atoms with Crippen LogP contribution in [0.25, 0.3) is 0 Å². The van der Waals surface area contributed by atoms with Crippen molar-refractivity contribution in [1.29, 1.82) is 0 Å². The molecule has 21 heavy (non-hydrogen) atoms. The van der Waals surface area contributed by atoms with Gasteiger partial charge in [0.1, 0.15) is 11.6 Å². The molecular formula is C13H15F2N3O3. The molecule has 0 atom stereocenters. The van der Waals surface area contributed by atoms with Crippen LogP contribution in [0, 0.1) is 11.6 Å². The molecule has 0 spiro atoms. The Labute approximate surface area is 119 Å². The third-order valence-electron chi connectivity index (χ3n) is 3.32. The van der Waals surface area contributed by atoms with Crippen LogP contribution in [0.2, 0.25) is 0 Å².